The van der Waals surface area contributed by atoms with E-state index in [-0.39, 0.29) is 4.90 Å². The van der Waals surface area contributed by atoms with Gasteiger partial charge in [0.05, 0.1) is 4.90 Å². The number of hydrogen-bond acceptors (Lipinski definition) is 3. The molecule has 0 unspecified atom stereocenters. The van der Waals surface area contributed by atoms with Gasteiger partial charge in [0.25, 0.3) is 10.1 Å². The molecular weight excluding hydrogens is 250 g/mol. The predicted molar refractivity (Wildman–Crippen MR) is 70.2 cm³/mol. The average molecular weight is 269 g/mol. The van der Waals surface area contributed by atoms with Crippen LogP contribution in [0.5, 0.6) is 0 Å². The van der Waals surface area contributed by atoms with Gasteiger partial charge in [-0.1, -0.05) is 17.7 Å². The summed E-state index contributed by atoms with van der Waals surface area (Å²) in [5, 5.41) is 3.53. The lowest BCUT2D eigenvalue weighted by atomic mass is 10.2. The summed E-state index contributed by atoms with van der Waals surface area (Å²) in [6.45, 7) is 1.84. The van der Waals surface area contributed by atoms with Crippen LogP contribution in [0.4, 0.5) is 0 Å². The normalized spacial score (nSPS) is 19.0. The summed E-state index contributed by atoms with van der Waals surface area (Å²) in [4.78, 5) is -0.0666. The summed E-state index contributed by atoms with van der Waals surface area (Å²) in [5.74, 6) is 0. The molecule has 0 saturated heterocycles. The van der Waals surface area contributed by atoms with E-state index in [1.165, 1.54) is 37.8 Å². The molecule has 100 valence electrons. The predicted octanol–water partition coefficient (Wildman–Crippen LogP) is 2.14. The first kappa shape index (κ1) is 13.5. The van der Waals surface area contributed by atoms with Crippen LogP contribution in [0.15, 0.2) is 29.2 Å². The lowest BCUT2D eigenvalue weighted by Gasteiger charge is -1.95. The second kappa shape index (κ2) is 5.38. The molecule has 1 aromatic carbocycles. The van der Waals surface area contributed by atoms with E-state index in [0.717, 1.165) is 17.6 Å². The number of rotatable bonds is 3. The van der Waals surface area contributed by atoms with Crippen molar-refractivity contribution in [3.05, 3.63) is 29.8 Å². The van der Waals surface area contributed by atoms with Gasteiger partial charge < -0.3 is 5.32 Å². The van der Waals surface area contributed by atoms with Gasteiger partial charge in [0, 0.05) is 12.1 Å². The molecule has 5 heteroatoms. The largest absolute Gasteiger partial charge is 0.311 e. The van der Waals surface area contributed by atoms with Gasteiger partial charge in [-0.3, -0.25) is 4.55 Å². The van der Waals surface area contributed by atoms with Crippen LogP contribution >= 0.6 is 0 Å². The molecule has 3 rings (SSSR count). The van der Waals surface area contributed by atoms with Crippen LogP contribution in [0.3, 0.4) is 0 Å². The Kier molecular flexibility index (Phi) is 4.04. The van der Waals surface area contributed by atoms with Gasteiger partial charge in [-0.15, -0.1) is 0 Å². The smallest absolute Gasteiger partial charge is 0.294 e. The highest BCUT2D eigenvalue weighted by molar-refractivity contribution is 7.85. The van der Waals surface area contributed by atoms with Crippen molar-refractivity contribution in [3.8, 4) is 0 Å². The Bertz CT molecular complexity index is 477. The average Bonchev–Trinajstić information content (AvgIpc) is 3.16. The van der Waals surface area contributed by atoms with E-state index in [4.69, 9.17) is 4.55 Å². The van der Waals surface area contributed by atoms with Crippen molar-refractivity contribution in [2.45, 2.75) is 49.6 Å². The summed E-state index contributed by atoms with van der Waals surface area (Å²) in [7, 11) is -4.02. The molecule has 0 heterocycles. The Morgan fingerprint density at radius 1 is 1.06 bits per heavy atom. The highest BCUT2D eigenvalue weighted by atomic mass is 32.2. The first-order chi connectivity index (χ1) is 8.45. The third-order valence-electron chi connectivity index (χ3n) is 2.94. The minimum Gasteiger partial charge on any atom is -0.311 e. The molecule has 0 amide bonds. The third kappa shape index (κ3) is 4.76. The highest BCUT2D eigenvalue weighted by Crippen LogP contribution is 2.26. The quantitative estimate of drug-likeness (QED) is 0.825. The minimum atomic E-state index is -4.02. The van der Waals surface area contributed by atoms with Crippen LogP contribution in [-0.2, 0) is 10.1 Å². The topological polar surface area (TPSA) is 66.4 Å². The van der Waals surface area contributed by atoms with Crippen molar-refractivity contribution in [1.29, 1.82) is 0 Å². The van der Waals surface area contributed by atoms with E-state index < -0.39 is 10.1 Å². The van der Waals surface area contributed by atoms with Crippen molar-refractivity contribution in [1.82, 2.24) is 5.32 Å². The lowest BCUT2D eigenvalue weighted by Crippen LogP contribution is -2.17. The second-order valence-electron chi connectivity index (χ2n) is 5.00. The summed E-state index contributed by atoms with van der Waals surface area (Å²) >= 11 is 0. The Hall–Kier alpha value is -0.910. The van der Waals surface area contributed by atoms with Crippen molar-refractivity contribution < 1.29 is 13.0 Å². The number of hydrogen-bond donors (Lipinski definition) is 2. The lowest BCUT2D eigenvalue weighted by molar-refractivity contribution is 0.483. The summed E-state index contributed by atoms with van der Waals surface area (Å²) < 4.78 is 29.6. The molecule has 2 aliphatic rings. The molecule has 2 N–H and O–H groups in total. The van der Waals surface area contributed by atoms with E-state index in [1.54, 1.807) is 12.1 Å². The molecule has 4 nitrogen and oxygen atoms in total. The van der Waals surface area contributed by atoms with Crippen LogP contribution in [0.2, 0.25) is 0 Å². The van der Waals surface area contributed by atoms with E-state index in [9.17, 15) is 8.42 Å². The molecule has 0 aliphatic heterocycles. The monoisotopic (exact) mass is 269 g/mol. The Labute approximate surface area is 108 Å². The SMILES string of the molecule is C1CC1NC1CC1.Cc1ccc(S(=O)(=O)O)cc1. The second-order valence-corrected chi connectivity index (χ2v) is 6.42. The fraction of sp³-hybridized carbons (Fsp3) is 0.538. The summed E-state index contributed by atoms with van der Waals surface area (Å²) in [6, 6.07) is 7.86. The molecule has 0 spiro atoms. The fourth-order valence-corrected chi connectivity index (χ4v) is 2.02. The Morgan fingerprint density at radius 2 is 1.50 bits per heavy atom. The van der Waals surface area contributed by atoms with Crippen LogP contribution in [0.1, 0.15) is 31.2 Å². The molecule has 2 saturated carbocycles. The number of aryl methyl sites for hydroxylation is 1. The van der Waals surface area contributed by atoms with Crippen molar-refractivity contribution >= 4 is 10.1 Å². The van der Waals surface area contributed by atoms with E-state index >= 15 is 0 Å². The molecule has 0 aromatic heterocycles. The van der Waals surface area contributed by atoms with E-state index in [2.05, 4.69) is 5.32 Å². The van der Waals surface area contributed by atoms with Gasteiger partial charge in [-0.2, -0.15) is 8.42 Å². The maximum absolute atomic E-state index is 10.5. The van der Waals surface area contributed by atoms with Gasteiger partial charge in [0.15, 0.2) is 0 Å². The molecular formula is C13H19NO3S. The van der Waals surface area contributed by atoms with Crippen molar-refractivity contribution in [3.63, 3.8) is 0 Å². The Morgan fingerprint density at radius 3 is 1.83 bits per heavy atom. The standard InChI is InChI=1S/C7H8O3S.C6H11N/c1-6-2-4-7(5-3-6)11(8,9)10;1-2-5(1)7-6-3-4-6/h2-5H,1H3,(H,8,9,10);5-7H,1-4H2. The van der Waals surface area contributed by atoms with Crippen molar-refractivity contribution in [2.24, 2.45) is 0 Å². The summed E-state index contributed by atoms with van der Waals surface area (Å²) in [5.41, 5.74) is 0.956. The molecule has 0 atom stereocenters. The first-order valence-electron chi connectivity index (χ1n) is 6.25. The maximum atomic E-state index is 10.5. The molecule has 0 radical (unpaired) electrons. The van der Waals surface area contributed by atoms with E-state index in [0.29, 0.717) is 0 Å². The van der Waals surface area contributed by atoms with Crippen LogP contribution in [0, 0.1) is 6.92 Å². The molecule has 1 aromatic rings. The molecule has 0 bridgehead atoms. The summed E-state index contributed by atoms with van der Waals surface area (Å²) in [6.07, 6.45) is 5.76. The van der Waals surface area contributed by atoms with Crippen LogP contribution in [0.25, 0.3) is 0 Å². The van der Waals surface area contributed by atoms with Gasteiger partial charge >= 0.3 is 0 Å². The Balaban J connectivity index is 0.000000146. The minimum absolute atomic E-state index is 0.0666. The molecule has 2 aliphatic carbocycles. The third-order valence-corrected chi connectivity index (χ3v) is 3.81. The first-order valence-corrected chi connectivity index (χ1v) is 7.69. The fourth-order valence-electron chi connectivity index (χ4n) is 1.54. The van der Waals surface area contributed by atoms with Gasteiger partial charge in [-0.25, -0.2) is 0 Å². The zero-order valence-electron chi connectivity index (χ0n) is 10.5. The number of nitrogens with one attached hydrogen (secondary N) is 1. The number of benzene rings is 1. The van der Waals surface area contributed by atoms with Crippen LogP contribution in [-0.4, -0.2) is 25.1 Å². The van der Waals surface area contributed by atoms with Gasteiger partial charge in [0.2, 0.25) is 0 Å². The van der Waals surface area contributed by atoms with Crippen LogP contribution < -0.4 is 5.32 Å². The zero-order valence-corrected chi connectivity index (χ0v) is 11.3. The van der Waals surface area contributed by atoms with Gasteiger partial charge in [0.1, 0.15) is 0 Å². The van der Waals surface area contributed by atoms with E-state index in [1.807, 2.05) is 6.92 Å². The van der Waals surface area contributed by atoms with Gasteiger partial charge in [-0.05, 0) is 44.7 Å². The molecule has 2 fully saturated rings. The highest BCUT2D eigenvalue weighted by Gasteiger charge is 2.29. The molecule has 18 heavy (non-hydrogen) atoms. The van der Waals surface area contributed by atoms with Crippen molar-refractivity contribution in [2.75, 3.05) is 0 Å². The zero-order chi connectivity index (χ0) is 13.2. The maximum Gasteiger partial charge on any atom is 0.294 e.